The molecular weight excluding hydrogens is 182 g/mol. The summed E-state index contributed by atoms with van der Waals surface area (Å²) < 4.78 is 0. The van der Waals surface area contributed by atoms with E-state index >= 15 is 0 Å². The fraction of sp³-hybridized carbons (Fsp3) is 0.222. The van der Waals surface area contributed by atoms with Crippen LogP contribution in [0.1, 0.15) is 12.0 Å². The average Bonchev–Trinajstić information content (AvgIpc) is 2.18. The van der Waals surface area contributed by atoms with Crippen LogP contribution in [-0.4, -0.2) is 22.6 Å². The zero-order valence-corrected chi connectivity index (χ0v) is 7.40. The van der Waals surface area contributed by atoms with E-state index in [1.165, 1.54) is 6.20 Å². The van der Waals surface area contributed by atoms with Gasteiger partial charge in [-0.05, 0) is 12.1 Å². The lowest BCUT2D eigenvalue weighted by atomic mass is 10.3. The highest BCUT2D eigenvalue weighted by Gasteiger charge is 1.98. The number of carbonyl (C=O) groups is 1. The van der Waals surface area contributed by atoms with Gasteiger partial charge in [-0.3, -0.25) is 4.79 Å². The van der Waals surface area contributed by atoms with E-state index in [2.05, 4.69) is 10.3 Å². The van der Waals surface area contributed by atoms with E-state index in [1.54, 1.807) is 12.1 Å². The van der Waals surface area contributed by atoms with Crippen LogP contribution in [0.2, 0.25) is 0 Å². The molecule has 2 N–H and O–H groups in total. The Hall–Kier alpha value is -2.09. The van der Waals surface area contributed by atoms with E-state index in [4.69, 9.17) is 10.4 Å². The molecule has 0 aliphatic rings. The van der Waals surface area contributed by atoms with Crippen LogP contribution in [0.3, 0.4) is 0 Å². The first kappa shape index (κ1) is 9.99. The number of aliphatic carboxylic acids is 1. The van der Waals surface area contributed by atoms with Gasteiger partial charge in [-0.1, -0.05) is 0 Å². The summed E-state index contributed by atoms with van der Waals surface area (Å²) in [6, 6.07) is 5.13. The van der Waals surface area contributed by atoms with Gasteiger partial charge in [-0.2, -0.15) is 5.26 Å². The Bertz CT molecular complexity index is 371. The first-order valence-electron chi connectivity index (χ1n) is 4.04. The van der Waals surface area contributed by atoms with Gasteiger partial charge in [0.05, 0.1) is 18.1 Å². The summed E-state index contributed by atoms with van der Waals surface area (Å²) in [5, 5.41) is 19.8. The fourth-order valence-electron chi connectivity index (χ4n) is 0.894. The van der Waals surface area contributed by atoms with Crippen molar-refractivity contribution in [1.82, 2.24) is 4.98 Å². The molecule has 5 heteroatoms. The lowest BCUT2D eigenvalue weighted by molar-refractivity contribution is -0.136. The summed E-state index contributed by atoms with van der Waals surface area (Å²) >= 11 is 0. The lowest BCUT2D eigenvalue weighted by Gasteiger charge is -2.02. The second-order valence-electron chi connectivity index (χ2n) is 2.61. The molecule has 0 atom stereocenters. The first-order valence-corrected chi connectivity index (χ1v) is 4.04. The number of pyridine rings is 1. The highest BCUT2D eigenvalue weighted by molar-refractivity contribution is 5.67. The van der Waals surface area contributed by atoms with Gasteiger partial charge in [0, 0.05) is 12.7 Å². The Morgan fingerprint density at radius 2 is 2.50 bits per heavy atom. The summed E-state index contributed by atoms with van der Waals surface area (Å²) in [6.07, 6.45) is 1.53. The standard InChI is InChI=1S/C9H9N3O2/c10-6-7-1-3-11-8(5-7)12-4-2-9(13)14/h1,3,5H,2,4H2,(H,11,12)(H,13,14). The van der Waals surface area contributed by atoms with Gasteiger partial charge in [0.15, 0.2) is 0 Å². The Balaban J connectivity index is 2.51. The Kier molecular flexibility index (Phi) is 3.44. The van der Waals surface area contributed by atoms with Crippen LogP contribution in [0.15, 0.2) is 18.3 Å². The van der Waals surface area contributed by atoms with Gasteiger partial charge >= 0.3 is 5.97 Å². The van der Waals surface area contributed by atoms with E-state index in [9.17, 15) is 4.79 Å². The first-order chi connectivity index (χ1) is 6.72. The molecule has 0 aromatic carbocycles. The van der Waals surface area contributed by atoms with Crippen LogP contribution in [-0.2, 0) is 4.79 Å². The molecule has 1 aromatic heterocycles. The van der Waals surface area contributed by atoms with Crippen LogP contribution < -0.4 is 5.32 Å². The third kappa shape index (κ3) is 3.11. The van der Waals surface area contributed by atoms with Gasteiger partial charge in [-0.25, -0.2) is 4.98 Å². The third-order valence-electron chi connectivity index (χ3n) is 1.53. The predicted octanol–water partition coefficient (Wildman–Crippen LogP) is 0.840. The minimum atomic E-state index is -0.867. The van der Waals surface area contributed by atoms with E-state index in [-0.39, 0.29) is 6.42 Å². The van der Waals surface area contributed by atoms with Gasteiger partial charge in [0.25, 0.3) is 0 Å². The molecule has 0 aliphatic heterocycles. The number of nitrogens with one attached hydrogen (secondary N) is 1. The zero-order valence-electron chi connectivity index (χ0n) is 7.40. The predicted molar refractivity (Wildman–Crippen MR) is 49.7 cm³/mol. The molecule has 0 spiro atoms. The molecule has 0 saturated heterocycles. The molecule has 1 heterocycles. The number of anilines is 1. The minimum Gasteiger partial charge on any atom is -0.481 e. The zero-order chi connectivity index (χ0) is 10.4. The Morgan fingerprint density at radius 1 is 1.71 bits per heavy atom. The number of nitriles is 1. The molecule has 0 aliphatic carbocycles. The SMILES string of the molecule is N#Cc1ccnc(NCCC(=O)O)c1. The largest absolute Gasteiger partial charge is 0.481 e. The van der Waals surface area contributed by atoms with Gasteiger partial charge in [-0.15, -0.1) is 0 Å². The van der Waals surface area contributed by atoms with Crippen LogP contribution in [0, 0.1) is 11.3 Å². The van der Waals surface area contributed by atoms with Crippen molar-refractivity contribution in [1.29, 1.82) is 5.26 Å². The number of aromatic nitrogens is 1. The molecule has 0 saturated carbocycles. The third-order valence-corrected chi connectivity index (χ3v) is 1.53. The van der Waals surface area contributed by atoms with Gasteiger partial charge < -0.3 is 10.4 Å². The van der Waals surface area contributed by atoms with Crippen LogP contribution in [0.5, 0.6) is 0 Å². The maximum absolute atomic E-state index is 10.2. The molecule has 1 rings (SSSR count). The van der Waals surface area contributed by atoms with Crippen molar-refractivity contribution >= 4 is 11.8 Å². The minimum absolute atomic E-state index is 0.0263. The Labute approximate surface area is 81.0 Å². The van der Waals surface area contributed by atoms with E-state index in [0.717, 1.165) is 0 Å². The molecule has 0 amide bonds. The highest BCUT2D eigenvalue weighted by Crippen LogP contribution is 2.04. The number of carboxylic acids is 1. The van der Waals surface area contributed by atoms with Crippen molar-refractivity contribution in [3.05, 3.63) is 23.9 Å². The van der Waals surface area contributed by atoms with Crippen molar-refractivity contribution in [2.75, 3.05) is 11.9 Å². The summed E-state index contributed by atoms with van der Waals surface area (Å²) in [6.45, 7) is 0.303. The molecule has 0 fully saturated rings. The maximum Gasteiger partial charge on any atom is 0.305 e. The summed E-state index contributed by atoms with van der Waals surface area (Å²) in [7, 11) is 0. The molecule has 5 nitrogen and oxygen atoms in total. The molecule has 72 valence electrons. The highest BCUT2D eigenvalue weighted by atomic mass is 16.4. The van der Waals surface area contributed by atoms with Crippen molar-refractivity contribution in [2.24, 2.45) is 0 Å². The van der Waals surface area contributed by atoms with Crippen LogP contribution >= 0.6 is 0 Å². The van der Waals surface area contributed by atoms with Crippen molar-refractivity contribution in [3.8, 4) is 6.07 Å². The van der Waals surface area contributed by atoms with Gasteiger partial charge in [0.1, 0.15) is 5.82 Å². The molecule has 0 bridgehead atoms. The van der Waals surface area contributed by atoms with Crippen LogP contribution in [0.25, 0.3) is 0 Å². The number of rotatable bonds is 4. The molecule has 0 unspecified atom stereocenters. The number of carboxylic acid groups (broad SMARTS) is 1. The monoisotopic (exact) mass is 191 g/mol. The smallest absolute Gasteiger partial charge is 0.305 e. The second kappa shape index (κ2) is 4.82. The molecule has 1 aromatic rings. The molecular formula is C9H9N3O2. The number of hydrogen-bond acceptors (Lipinski definition) is 4. The van der Waals surface area contributed by atoms with E-state index in [0.29, 0.717) is 17.9 Å². The molecule has 14 heavy (non-hydrogen) atoms. The normalized spacial score (nSPS) is 9.07. The summed E-state index contributed by atoms with van der Waals surface area (Å²) in [5.41, 5.74) is 0.498. The van der Waals surface area contributed by atoms with Crippen molar-refractivity contribution < 1.29 is 9.90 Å². The van der Waals surface area contributed by atoms with E-state index in [1.807, 2.05) is 6.07 Å². The average molecular weight is 191 g/mol. The maximum atomic E-state index is 10.2. The quantitative estimate of drug-likeness (QED) is 0.736. The van der Waals surface area contributed by atoms with Crippen LogP contribution in [0.4, 0.5) is 5.82 Å². The lowest BCUT2D eigenvalue weighted by Crippen LogP contribution is -2.08. The topological polar surface area (TPSA) is 86.0 Å². The summed E-state index contributed by atoms with van der Waals surface area (Å²) in [5.74, 6) is -0.348. The van der Waals surface area contributed by atoms with E-state index < -0.39 is 5.97 Å². The fourth-order valence-corrected chi connectivity index (χ4v) is 0.894. The Morgan fingerprint density at radius 3 is 3.14 bits per heavy atom. The van der Waals surface area contributed by atoms with Gasteiger partial charge in [0.2, 0.25) is 0 Å². The molecule has 0 radical (unpaired) electrons. The second-order valence-corrected chi connectivity index (χ2v) is 2.61. The van der Waals surface area contributed by atoms with Crippen molar-refractivity contribution in [2.45, 2.75) is 6.42 Å². The number of nitrogens with zero attached hydrogens (tertiary/aromatic N) is 2. The summed E-state index contributed by atoms with van der Waals surface area (Å²) in [4.78, 5) is 14.1. The number of hydrogen-bond donors (Lipinski definition) is 2. The van der Waals surface area contributed by atoms with Crippen molar-refractivity contribution in [3.63, 3.8) is 0 Å².